The van der Waals surface area contributed by atoms with Gasteiger partial charge in [-0.15, -0.1) is 0 Å². The molecule has 1 atom stereocenters. The van der Waals surface area contributed by atoms with Gasteiger partial charge in [0, 0.05) is 25.7 Å². The molecular formula is C16H26N2O. The SMILES string of the molecule is CC(C)c1ccc(CC(N)CN2CCOCC2)cc1. The normalized spacial score (nSPS) is 18.7. The van der Waals surface area contributed by atoms with Gasteiger partial charge in [0.05, 0.1) is 13.2 Å². The Morgan fingerprint density at radius 1 is 1.16 bits per heavy atom. The summed E-state index contributed by atoms with van der Waals surface area (Å²) in [6.07, 6.45) is 0.954. The van der Waals surface area contributed by atoms with Crippen molar-refractivity contribution in [2.45, 2.75) is 32.2 Å². The van der Waals surface area contributed by atoms with Crippen molar-refractivity contribution < 1.29 is 4.74 Å². The summed E-state index contributed by atoms with van der Waals surface area (Å²) in [5.74, 6) is 0.594. The molecule has 3 nitrogen and oxygen atoms in total. The predicted molar refractivity (Wildman–Crippen MR) is 79.5 cm³/mol. The zero-order valence-corrected chi connectivity index (χ0v) is 12.1. The molecule has 1 saturated heterocycles. The van der Waals surface area contributed by atoms with Gasteiger partial charge in [-0.25, -0.2) is 0 Å². The molecule has 0 aromatic heterocycles. The van der Waals surface area contributed by atoms with Gasteiger partial charge >= 0.3 is 0 Å². The minimum atomic E-state index is 0.211. The topological polar surface area (TPSA) is 38.5 Å². The number of nitrogens with two attached hydrogens (primary N) is 1. The summed E-state index contributed by atoms with van der Waals surface area (Å²) in [6, 6.07) is 9.09. The summed E-state index contributed by atoms with van der Waals surface area (Å²) in [5, 5.41) is 0. The van der Waals surface area contributed by atoms with Crippen LogP contribution in [0.1, 0.15) is 30.9 Å². The molecule has 1 aromatic rings. The molecule has 2 N–H and O–H groups in total. The van der Waals surface area contributed by atoms with Crippen LogP contribution < -0.4 is 5.73 Å². The van der Waals surface area contributed by atoms with Crippen molar-refractivity contribution in [1.29, 1.82) is 0 Å². The zero-order chi connectivity index (χ0) is 13.7. The van der Waals surface area contributed by atoms with Gasteiger partial charge in [0.15, 0.2) is 0 Å². The molecule has 1 aromatic carbocycles. The maximum Gasteiger partial charge on any atom is 0.0594 e. The Morgan fingerprint density at radius 2 is 1.79 bits per heavy atom. The number of rotatable bonds is 5. The Morgan fingerprint density at radius 3 is 2.37 bits per heavy atom. The lowest BCUT2D eigenvalue weighted by molar-refractivity contribution is 0.0353. The van der Waals surface area contributed by atoms with E-state index in [0.29, 0.717) is 5.92 Å². The van der Waals surface area contributed by atoms with Crippen LogP contribution in [0, 0.1) is 0 Å². The van der Waals surface area contributed by atoms with Crippen LogP contribution in [0.4, 0.5) is 0 Å². The molecule has 19 heavy (non-hydrogen) atoms. The molecule has 1 aliphatic rings. The minimum absolute atomic E-state index is 0.211. The van der Waals surface area contributed by atoms with E-state index in [1.807, 2.05) is 0 Å². The van der Waals surface area contributed by atoms with E-state index in [4.69, 9.17) is 10.5 Å². The van der Waals surface area contributed by atoms with E-state index < -0.39 is 0 Å². The summed E-state index contributed by atoms with van der Waals surface area (Å²) in [5.41, 5.74) is 8.98. The number of hydrogen-bond acceptors (Lipinski definition) is 3. The second-order valence-electron chi connectivity index (χ2n) is 5.77. The monoisotopic (exact) mass is 262 g/mol. The van der Waals surface area contributed by atoms with Gasteiger partial charge in [-0.1, -0.05) is 38.1 Å². The van der Waals surface area contributed by atoms with Crippen molar-refractivity contribution in [2.75, 3.05) is 32.8 Å². The number of benzene rings is 1. The number of morpholine rings is 1. The Kier molecular flexibility index (Phi) is 5.37. The van der Waals surface area contributed by atoms with E-state index in [-0.39, 0.29) is 6.04 Å². The standard InChI is InChI=1S/C16H26N2O/c1-13(2)15-5-3-14(4-6-15)11-16(17)12-18-7-9-19-10-8-18/h3-6,13,16H,7-12,17H2,1-2H3. The number of nitrogens with zero attached hydrogens (tertiary/aromatic N) is 1. The lowest BCUT2D eigenvalue weighted by atomic mass is 9.99. The first-order valence-corrected chi connectivity index (χ1v) is 7.29. The summed E-state index contributed by atoms with van der Waals surface area (Å²) in [7, 11) is 0. The van der Waals surface area contributed by atoms with Crippen molar-refractivity contribution in [2.24, 2.45) is 5.73 Å². The summed E-state index contributed by atoms with van der Waals surface area (Å²) in [4.78, 5) is 2.40. The molecule has 1 unspecified atom stereocenters. The van der Waals surface area contributed by atoms with Gasteiger partial charge in [-0.2, -0.15) is 0 Å². The Bertz CT molecular complexity index is 369. The molecule has 0 bridgehead atoms. The number of hydrogen-bond donors (Lipinski definition) is 1. The predicted octanol–water partition coefficient (Wildman–Crippen LogP) is 2.01. The average molecular weight is 262 g/mol. The number of ether oxygens (including phenoxy) is 1. The van der Waals surface area contributed by atoms with E-state index in [1.165, 1.54) is 11.1 Å². The van der Waals surface area contributed by atoms with Crippen molar-refractivity contribution in [1.82, 2.24) is 4.90 Å². The van der Waals surface area contributed by atoms with Crippen LogP contribution in [0.15, 0.2) is 24.3 Å². The van der Waals surface area contributed by atoms with Crippen molar-refractivity contribution in [3.05, 3.63) is 35.4 Å². The molecule has 3 heteroatoms. The summed E-state index contributed by atoms with van der Waals surface area (Å²) >= 11 is 0. The molecule has 1 fully saturated rings. The molecule has 106 valence electrons. The van der Waals surface area contributed by atoms with Crippen LogP contribution in [0.2, 0.25) is 0 Å². The smallest absolute Gasteiger partial charge is 0.0594 e. The van der Waals surface area contributed by atoms with E-state index >= 15 is 0 Å². The summed E-state index contributed by atoms with van der Waals surface area (Å²) < 4.78 is 5.35. The van der Waals surface area contributed by atoms with E-state index in [0.717, 1.165) is 39.3 Å². The zero-order valence-electron chi connectivity index (χ0n) is 12.1. The third kappa shape index (κ3) is 4.60. The quantitative estimate of drug-likeness (QED) is 0.882. The summed E-state index contributed by atoms with van der Waals surface area (Å²) in [6.45, 7) is 9.12. The molecule has 0 amide bonds. The largest absolute Gasteiger partial charge is 0.379 e. The van der Waals surface area contributed by atoms with Crippen molar-refractivity contribution in [3.8, 4) is 0 Å². The van der Waals surface area contributed by atoms with Crippen LogP contribution in [0.5, 0.6) is 0 Å². The lowest BCUT2D eigenvalue weighted by Crippen LogP contribution is -2.44. The highest BCUT2D eigenvalue weighted by molar-refractivity contribution is 5.25. The molecule has 0 spiro atoms. The second-order valence-corrected chi connectivity index (χ2v) is 5.77. The highest BCUT2D eigenvalue weighted by Gasteiger charge is 2.14. The van der Waals surface area contributed by atoms with Crippen LogP contribution in [-0.4, -0.2) is 43.8 Å². The van der Waals surface area contributed by atoms with E-state index in [1.54, 1.807) is 0 Å². The highest BCUT2D eigenvalue weighted by atomic mass is 16.5. The first kappa shape index (κ1) is 14.5. The van der Waals surface area contributed by atoms with Crippen LogP contribution in [0.3, 0.4) is 0 Å². The fourth-order valence-electron chi connectivity index (χ4n) is 2.52. The van der Waals surface area contributed by atoms with Gasteiger partial charge in [0.1, 0.15) is 0 Å². The van der Waals surface area contributed by atoms with Crippen LogP contribution in [0.25, 0.3) is 0 Å². The van der Waals surface area contributed by atoms with Gasteiger partial charge in [0.2, 0.25) is 0 Å². The molecule has 0 aliphatic carbocycles. The fourth-order valence-corrected chi connectivity index (χ4v) is 2.52. The van der Waals surface area contributed by atoms with Crippen molar-refractivity contribution in [3.63, 3.8) is 0 Å². The third-order valence-electron chi connectivity index (χ3n) is 3.74. The molecule has 2 rings (SSSR count). The maximum atomic E-state index is 6.25. The molecule has 1 aliphatic heterocycles. The van der Waals surface area contributed by atoms with Gasteiger partial charge in [0.25, 0.3) is 0 Å². The first-order chi connectivity index (χ1) is 9.15. The lowest BCUT2D eigenvalue weighted by Gasteiger charge is -2.29. The minimum Gasteiger partial charge on any atom is -0.379 e. The Balaban J connectivity index is 1.82. The molecular weight excluding hydrogens is 236 g/mol. The van der Waals surface area contributed by atoms with Gasteiger partial charge in [-0.05, 0) is 23.5 Å². The van der Waals surface area contributed by atoms with Crippen LogP contribution in [-0.2, 0) is 11.2 Å². The molecule has 0 saturated carbocycles. The third-order valence-corrected chi connectivity index (χ3v) is 3.74. The first-order valence-electron chi connectivity index (χ1n) is 7.29. The van der Waals surface area contributed by atoms with Gasteiger partial charge < -0.3 is 10.5 Å². The Hall–Kier alpha value is -0.900. The fraction of sp³-hybridized carbons (Fsp3) is 0.625. The highest BCUT2D eigenvalue weighted by Crippen LogP contribution is 2.15. The van der Waals surface area contributed by atoms with E-state index in [2.05, 4.69) is 43.0 Å². The molecule has 1 heterocycles. The molecule has 0 radical (unpaired) electrons. The Labute approximate surface area is 116 Å². The maximum absolute atomic E-state index is 6.25. The van der Waals surface area contributed by atoms with Gasteiger partial charge in [-0.3, -0.25) is 4.90 Å². The van der Waals surface area contributed by atoms with E-state index in [9.17, 15) is 0 Å². The average Bonchev–Trinajstić information content (AvgIpc) is 2.40. The van der Waals surface area contributed by atoms with Crippen LogP contribution >= 0.6 is 0 Å². The second kappa shape index (κ2) is 7.04. The van der Waals surface area contributed by atoms with Crippen molar-refractivity contribution >= 4 is 0 Å².